The summed E-state index contributed by atoms with van der Waals surface area (Å²) in [5.74, 6) is 3.24. The van der Waals surface area contributed by atoms with Crippen LogP contribution in [0.1, 0.15) is 37.3 Å². The summed E-state index contributed by atoms with van der Waals surface area (Å²) in [4.78, 5) is 0. The molecule has 1 heteroatoms. The van der Waals surface area contributed by atoms with Gasteiger partial charge in [-0.1, -0.05) is 67.6 Å². The second kappa shape index (κ2) is 6.70. The van der Waals surface area contributed by atoms with Crippen LogP contribution < -0.4 is 0 Å². The minimum Gasteiger partial charge on any atom is -0.156 e. The third kappa shape index (κ3) is 3.52. The topological polar surface area (TPSA) is 0 Å². The minimum atomic E-state index is 0.403. The molecule has 1 aliphatic carbocycles. The average molecular weight is 296 g/mol. The van der Waals surface area contributed by atoms with E-state index in [-0.39, 0.29) is 0 Å². The number of hydrogen-bond acceptors (Lipinski definition) is 1. The number of hydrogen-bond donors (Lipinski definition) is 0. The highest BCUT2D eigenvalue weighted by molar-refractivity contribution is 7.98. The van der Waals surface area contributed by atoms with Gasteiger partial charge in [0.2, 0.25) is 0 Å². The maximum Gasteiger partial charge on any atom is 0.0184 e. The third-order valence-corrected chi connectivity index (χ3v) is 6.03. The van der Waals surface area contributed by atoms with Crippen molar-refractivity contribution in [2.45, 2.75) is 37.4 Å². The molecule has 0 saturated heterocycles. The Morgan fingerprint density at radius 1 is 1.00 bits per heavy atom. The molecule has 0 bridgehead atoms. The molecular formula is C20H24S. The van der Waals surface area contributed by atoms with Crippen molar-refractivity contribution >= 4 is 11.8 Å². The predicted octanol–water partition coefficient (Wildman–Crippen LogP) is 5.68. The van der Waals surface area contributed by atoms with Gasteiger partial charge >= 0.3 is 0 Å². The maximum absolute atomic E-state index is 2.41. The van der Waals surface area contributed by atoms with Crippen molar-refractivity contribution in [3.8, 4) is 0 Å². The lowest BCUT2D eigenvalue weighted by molar-refractivity contribution is 0.475. The zero-order valence-electron chi connectivity index (χ0n) is 12.8. The first-order valence-corrected chi connectivity index (χ1v) is 9.11. The van der Waals surface area contributed by atoms with E-state index in [4.69, 9.17) is 0 Å². The first-order valence-electron chi connectivity index (χ1n) is 7.96. The molecule has 0 amide bonds. The van der Waals surface area contributed by atoms with E-state index in [1.54, 1.807) is 5.56 Å². The van der Waals surface area contributed by atoms with E-state index in [0.717, 1.165) is 11.7 Å². The fraction of sp³-hybridized carbons (Fsp3) is 0.400. The molecule has 3 rings (SSSR count). The second-order valence-corrected chi connectivity index (χ2v) is 7.46. The molecule has 0 nitrogen and oxygen atoms in total. The molecule has 2 aromatic carbocycles. The van der Waals surface area contributed by atoms with E-state index in [0.29, 0.717) is 5.41 Å². The average Bonchev–Trinajstić information content (AvgIpc) is 2.92. The van der Waals surface area contributed by atoms with Crippen molar-refractivity contribution in [1.82, 2.24) is 0 Å². The first-order chi connectivity index (χ1) is 10.3. The summed E-state index contributed by atoms with van der Waals surface area (Å²) >= 11 is 2.10. The van der Waals surface area contributed by atoms with Crippen molar-refractivity contribution in [1.29, 1.82) is 0 Å². The fourth-order valence-corrected chi connectivity index (χ4v) is 4.95. The van der Waals surface area contributed by atoms with Crippen molar-refractivity contribution in [2.75, 3.05) is 5.75 Å². The summed E-state index contributed by atoms with van der Waals surface area (Å²) in [6, 6.07) is 22.0. The quantitative estimate of drug-likeness (QED) is 0.684. The molecular weight excluding hydrogens is 272 g/mol. The van der Waals surface area contributed by atoms with E-state index in [2.05, 4.69) is 79.3 Å². The van der Waals surface area contributed by atoms with Gasteiger partial charge in [-0.3, -0.25) is 0 Å². The van der Waals surface area contributed by atoms with E-state index < -0.39 is 0 Å². The van der Waals surface area contributed by atoms with Crippen LogP contribution in [0, 0.1) is 5.92 Å². The Hall–Kier alpha value is -1.21. The van der Waals surface area contributed by atoms with Gasteiger partial charge in [-0.05, 0) is 36.3 Å². The van der Waals surface area contributed by atoms with Crippen LogP contribution in [-0.4, -0.2) is 5.75 Å². The third-order valence-electron chi connectivity index (χ3n) is 4.73. The first kappa shape index (κ1) is 14.7. The molecule has 0 radical (unpaired) electrons. The van der Waals surface area contributed by atoms with E-state index in [1.807, 2.05) is 0 Å². The van der Waals surface area contributed by atoms with Crippen molar-refractivity contribution in [2.24, 2.45) is 5.92 Å². The molecule has 0 aliphatic heterocycles. The van der Waals surface area contributed by atoms with Crippen molar-refractivity contribution in [3.63, 3.8) is 0 Å². The van der Waals surface area contributed by atoms with E-state index in [1.165, 1.54) is 30.6 Å². The Morgan fingerprint density at radius 2 is 1.67 bits per heavy atom. The molecule has 1 saturated carbocycles. The molecule has 2 unspecified atom stereocenters. The van der Waals surface area contributed by atoms with Crippen molar-refractivity contribution < 1.29 is 0 Å². The standard InChI is InChI=1S/C20H24S/c1-17-12-13-20(14-17,19-10-6-3-7-11-19)16-21-15-18-8-4-2-5-9-18/h2-11,17H,12-16H2,1H3. The summed E-state index contributed by atoms with van der Waals surface area (Å²) < 4.78 is 0. The Labute approximate surface area is 133 Å². The molecule has 0 N–H and O–H groups in total. The van der Waals surface area contributed by atoms with Gasteiger partial charge < -0.3 is 0 Å². The summed E-state index contributed by atoms with van der Waals surface area (Å²) in [6.45, 7) is 2.41. The summed E-state index contributed by atoms with van der Waals surface area (Å²) in [5.41, 5.74) is 3.40. The van der Waals surface area contributed by atoms with Gasteiger partial charge in [0, 0.05) is 16.9 Å². The van der Waals surface area contributed by atoms with Crippen LogP contribution in [0.15, 0.2) is 60.7 Å². The smallest absolute Gasteiger partial charge is 0.0184 e. The van der Waals surface area contributed by atoms with Gasteiger partial charge in [0.05, 0.1) is 0 Å². The summed E-state index contributed by atoms with van der Waals surface area (Å²) in [5, 5.41) is 0. The monoisotopic (exact) mass is 296 g/mol. The van der Waals surface area contributed by atoms with Crippen LogP contribution >= 0.6 is 11.8 Å². The van der Waals surface area contributed by atoms with Gasteiger partial charge in [-0.25, -0.2) is 0 Å². The Balaban J connectivity index is 1.69. The van der Waals surface area contributed by atoms with Gasteiger partial charge in [0.25, 0.3) is 0 Å². The van der Waals surface area contributed by atoms with Gasteiger partial charge in [0.1, 0.15) is 0 Å². The van der Waals surface area contributed by atoms with Crippen LogP contribution in [0.3, 0.4) is 0 Å². The molecule has 110 valence electrons. The lowest BCUT2D eigenvalue weighted by Gasteiger charge is -2.30. The second-order valence-electron chi connectivity index (χ2n) is 6.47. The number of rotatable bonds is 5. The largest absolute Gasteiger partial charge is 0.156 e. The minimum absolute atomic E-state index is 0.403. The van der Waals surface area contributed by atoms with E-state index in [9.17, 15) is 0 Å². The number of thioether (sulfide) groups is 1. The lowest BCUT2D eigenvalue weighted by atomic mass is 9.80. The van der Waals surface area contributed by atoms with Crippen LogP contribution in [0.4, 0.5) is 0 Å². The van der Waals surface area contributed by atoms with Crippen molar-refractivity contribution in [3.05, 3.63) is 71.8 Å². The maximum atomic E-state index is 2.41. The normalized spacial score (nSPS) is 25.1. The Bertz CT molecular complexity index is 549. The van der Waals surface area contributed by atoms with Gasteiger partial charge in [-0.2, -0.15) is 11.8 Å². The van der Waals surface area contributed by atoms with Crippen LogP contribution in [0.5, 0.6) is 0 Å². The fourth-order valence-electron chi connectivity index (χ4n) is 3.60. The number of benzene rings is 2. The Kier molecular flexibility index (Phi) is 4.70. The summed E-state index contributed by atoms with van der Waals surface area (Å²) in [6.07, 6.45) is 4.07. The molecule has 0 aromatic heterocycles. The van der Waals surface area contributed by atoms with Crippen LogP contribution in [0.2, 0.25) is 0 Å². The van der Waals surface area contributed by atoms with Crippen LogP contribution in [-0.2, 0) is 11.2 Å². The molecule has 2 atom stereocenters. The van der Waals surface area contributed by atoms with E-state index >= 15 is 0 Å². The van der Waals surface area contributed by atoms with Gasteiger partial charge in [-0.15, -0.1) is 0 Å². The molecule has 1 aliphatic rings. The predicted molar refractivity (Wildman–Crippen MR) is 93.7 cm³/mol. The SMILES string of the molecule is CC1CCC(CSCc2ccccc2)(c2ccccc2)C1. The lowest BCUT2D eigenvalue weighted by Crippen LogP contribution is -2.25. The molecule has 1 fully saturated rings. The zero-order chi connectivity index (χ0) is 14.5. The highest BCUT2D eigenvalue weighted by Crippen LogP contribution is 2.46. The zero-order valence-corrected chi connectivity index (χ0v) is 13.6. The molecule has 0 spiro atoms. The highest BCUT2D eigenvalue weighted by atomic mass is 32.2. The molecule has 2 aromatic rings. The summed E-state index contributed by atoms with van der Waals surface area (Å²) in [7, 11) is 0. The van der Waals surface area contributed by atoms with Gasteiger partial charge in [0.15, 0.2) is 0 Å². The molecule has 21 heavy (non-hydrogen) atoms. The highest BCUT2D eigenvalue weighted by Gasteiger charge is 2.38. The Morgan fingerprint density at radius 3 is 2.29 bits per heavy atom. The molecule has 0 heterocycles. The van der Waals surface area contributed by atoms with Crippen LogP contribution in [0.25, 0.3) is 0 Å².